The van der Waals surface area contributed by atoms with Crippen LogP contribution in [0.1, 0.15) is 63.5 Å². The van der Waals surface area contributed by atoms with E-state index in [1.165, 1.54) is 12.7 Å². The molecule has 1 aromatic carbocycles. The zero-order valence-corrected chi connectivity index (χ0v) is 18.0. The molecule has 1 aromatic rings. The van der Waals surface area contributed by atoms with Gasteiger partial charge in [-0.2, -0.15) is 0 Å². The first kappa shape index (κ1) is 21.5. The lowest BCUT2D eigenvalue weighted by atomic mass is 9.82. The number of benzene rings is 1. The van der Waals surface area contributed by atoms with Gasteiger partial charge in [-0.1, -0.05) is 12.1 Å². The molecule has 1 unspecified atom stereocenters. The molecule has 1 fully saturated rings. The van der Waals surface area contributed by atoms with Crippen molar-refractivity contribution in [3.8, 4) is 5.75 Å². The maximum Gasteiger partial charge on any atom is 0.410 e. The Morgan fingerprint density at radius 2 is 1.97 bits per heavy atom. The number of esters is 1. The Hall–Kier alpha value is -2.24. The Bertz CT molecular complexity index is 731. The van der Waals surface area contributed by atoms with Crippen LogP contribution in [-0.2, 0) is 20.7 Å². The number of carbonyl (C=O) groups is 2. The first-order chi connectivity index (χ1) is 13.7. The molecule has 29 heavy (non-hydrogen) atoms. The second-order valence-corrected chi connectivity index (χ2v) is 9.09. The molecule has 0 radical (unpaired) electrons. The zero-order chi connectivity index (χ0) is 21.0. The van der Waals surface area contributed by atoms with Gasteiger partial charge in [0.15, 0.2) is 0 Å². The van der Waals surface area contributed by atoms with Crippen molar-refractivity contribution >= 4 is 12.1 Å². The Balaban J connectivity index is 1.62. The molecule has 1 saturated heterocycles. The summed E-state index contributed by atoms with van der Waals surface area (Å²) in [7, 11) is 1.44. The van der Waals surface area contributed by atoms with Crippen molar-refractivity contribution in [2.45, 2.75) is 64.4 Å². The second kappa shape index (κ2) is 9.06. The van der Waals surface area contributed by atoms with E-state index in [1.807, 2.05) is 20.8 Å². The number of piperidine rings is 1. The SMILES string of the molecule is COC(=O)CC(CC1CCN(C(=O)OC(C)(C)C)CC1)c1ccc2c(c1)OCC2. The largest absolute Gasteiger partial charge is 0.493 e. The maximum atomic E-state index is 12.3. The minimum absolute atomic E-state index is 0.0926. The van der Waals surface area contributed by atoms with Crippen LogP contribution in [0.5, 0.6) is 5.75 Å². The molecular weight excluding hydrogens is 370 g/mol. The standard InChI is InChI=1S/C23H33NO5/c1-23(2,3)29-22(26)24-10-7-16(8-11-24)13-19(15-21(25)27-4)18-6-5-17-9-12-28-20(17)14-18/h5-6,14,16,19H,7-13,15H2,1-4H3. The van der Waals surface area contributed by atoms with Gasteiger partial charge in [-0.05, 0) is 69.1 Å². The molecule has 0 saturated carbocycles. The molecule has 6 nitrogen and oxygen atoms in total. The molecule has 0 aromatic heterocycles. The smallest absolute Gasteiger partial charge is 0.410 e. The summed E-state index contributed by atoms with van der Waals surface area (Å²) >= 11 is 0. The Morgan fingerprint density at radius 1 is 1.24 bits per heavy atom. The van der Waals surface area contributed by atoms with Crippen LogP contribution >= 0.6 is 0 Å². The average molecular weight is 404 g/mol. The predicted octanol–water partition coefficient (Wildman–Crippen LogP) is 4.31. The van der Waals surface area contributed by atoms with Gasteiger partial charge < -0.3 is 19.1 Å². The molecule has 2 aliphatic rings. The Kier molecular flexibility index (Phi) is 6.70. The van der Waals surface area contributed by atoms with Gasteiger partial charge in [0.25, 0.3) is 0 Å². The summed E-state index contributed by atoms with van der Waals surface area (Å²) in [4.78, 5) is 26.1. The van der Waals surface area contributed by atoms with Crippen molar-refractivity contribution in [3.63, 3.8) is 0 Å². The highest BCUT2D eigenvalue weighted by Crippen LogP contribution is 2.36. The van der Waals surface area contributed by atoms with Crippen LogP contribution in [0.15, 0.2) is 18.2 Å². The fraction of sp³-hybridized carbons (Fsp3) is 0.652. The first-order valence-electron chi connectivity index (χ1n) is 10.6. The molecule has 0 N–H and O–H groups in total. The van der Waals surface area contributed by atoms with E-state index >= 15 is 0 Å². The maximum absolute atomic E-state index is 12.3. The van der Waals surface area contributed by atoms with Gasteiger partial charge in [-0.3, -0.25) is 4.79 Å². The quantitative estimate of drug-likeness (QED) is 0.686. The van der Waals surface area contributed by atoms with Gasteiger partial charge in [0.2, 0.25) is 0 Å². The fourth-order valence-corrected chi connectivity index (χ4v) is 4.14. The number of hydrogen-bond acceptors (Lipinski definition) is 5. The van der Waals surface area contributed by atoms with Crippen LogP contribution in [-0.4, -0.2) is 49.4 Å². The van der Waals surface area contributed by atoms with Crippen molar-refractivity contribution in [3.05, 3.63) is 29.3 Å². The molecule has 1 atom stereocenters. The molecule has 2 heterocycles. The van der Waals surface area contributed by atoms with Crippen LogP contribution in [0.3, 0.4) is 0 Å². The van der Waals surface area contributed by atoms with E-state index in [2.05, 4.69) is 18.2 Å². The molecule has 160 valence electrons. The average Bonchev–Trinajstić information content (AvgIpc) is 3.14. The van der Waals surface area contributed by atoms with Crippen LogP contribution in [0.2, 0.25) is 0 Å². The summed E-state index contributed by atoms with van der Waals surface area (Å²) < 4.78 is 16.1. The lowest BCUT2D eigenvalue weighted by molar-refractivity contribution is -0.141. The normalized spacial score (nSPS) is 18.0. The monoisotopic (exact) mass is 403 g/mol. The predicted molar refractivity (Wildman–Crippen MR) is 110 cm³/mol. The highest BCUT2D eigenvalue weighted by Gasteiger charge is 2.29. The molecule has 1 amide bonds. The van der Waals surface area contributed by atoms with Crippen molar-refractivity contribution in [1.29, 1.82) is 0 Å². The minimum Gasteiger partial charge on any atom is -0.493 e. The first-order valence-corrected chi connectivity index (χ1v) is 10.6. The van der Waals surface area contributed by atoms with Gasteiger partial charge in [-0.25, -0.2) is 4.79 Å². The summed E-state index contributed by atoms with van der Waals surface area (Å²) in [5.74, 6) is 1.30. The van der Waals surface area contributed by atoms with Crippen molar-refractivity contribution in [2.24, 2.45) is 5.92 Å². The third-order valence-electron chi connectivity index (χ3n) is 5.72. The lowest BCUT2D eigenvalue weighted by Crippen LogP contribution is -2.41. The number of hydrogen-bond donors (Lipinski definition) is 0. The van der Waals surface area contributed by atoms with Crippen LogP contribution in [0, 0.1) is 5.92 Å². The molecule has 0 aliphatic carbocycles. The second-order valence-electron chi connectivity index (χ2n) is 9.09. The Morgan fingerprint density at radius 3 is 2.62 bits per heavy atom. The van der Waals surface area contributed by atoms with E-state index in [1.54, 1.807) is 4.90 Å². The molecule has 6 heteroatoms. The molecule has 2 aliphatic heterocycles. The molecule has 0 spiro atoms. The summed E-state index contributed by atoms with van der Waals surface area (Å²) in [6.07, 6.45) is 3.80. The summed E-state index contributed by atoms with van der Waals surface area (Å²) in [5, 5.41) is 0. The van der Waals surface area contributed by atoms with Gasteiger partial charge >= 0.3 is 12.1 Å². The number of ether oxygens (including phenoxy) is 3. The van der Waals surface area contributed by atoms with Crippen LogP contribution < -0.4 is 4.74 Å². The number of amides is 1. The molecule has 3 rings (SSSR count). The number of likely N-dealkylation sites (tertiary alicyclic amines) is 1. The number of methoxy groups -OCH3 is 1. The van der Waals surface area contributed by atoms with E-state index in [0.29, 0.717) is 25.4 Å². The summed E-state index contributed by atoms with van der Waals surface area (Å²) in [6.45, 7) is 7.76. The van der Waals surface area contributed by atoms with Gasteiger partial charge in [-0.15, -0.1) is 0 Å². The van der Waals surface area contributed by atoms with Gasteiger partial charge in [0.05, 0.1) is 20.1 Å². The summed E-state index contributed by atoms with van der Waals surface area (Å²) in [6, 6.07) is 6.33. The van der Waals surface area contributed by atoms with Crippen molar-refractivity contribution in [1.82, 2.24) is 4.90 Å². The van der Waals surface area contributed by atoms with Crippen molar-refractivity contribution < 1.29 is 23.8 Å². The molecule has 0 bridgehead atoms. The third kappa shape index (κ3) is 5.87. The van der Waals surface area contributed by atoms with E-state index in [0.717, 1.165) is 43.6 Å². The topological polar surface area (TPSA) is 65.1 Å². The van der Waals surface area contributed by atoms with Gasteiger partial charge in [0, 0.05) is 19.5 Å². The van der Waals surface area contributed by atoms with Crippen LogP contribution in [0.4, 0.5) is 4.79 Å². The number of fused-ring (bicyclic) bond motifs is 1. The van der Waals surface area contributed by atoms with E-state index < -0.39 is 5.60 Å². The number of nitrogens with zero attached hydrogens (tertiary/aromatic N) is 1. The lowest BCUT2D eigenvalue weighted by Gasteiger charge is -2.34. The molecular formula is C23H33NO5. The fourth-order valence-electron chi connectivity index (χ4n) is 4.14. The highest BCUT2D eigenvalue weighted by molar-refractivity contribution is 5.70. The minimum atomic E-state index is -0.477. The summed E-state index contributed by atoms with van der Waals surface area (Å²) in [5.41, 5.74) is 1.89. The van der Waals surface area contributed by atoms with Crippen molar-refractivity contribution in [2.75, 3.05) is 26.8 Å². The van der Waals surface area contributed by atoms with E-state index in [4.69, 9.17) is 14.2 Å². The third-order valence-corrected chi connectivity index (χ3v) is 5.72. The number of rotatable bonds is 5. The van der Waals surface area contributed by atoms with Gasteiger partial charge in [0.1, 0.15) is 11.4 Å². The zero-order valence-electron chi connectivity index (χ0n) is 18.0. The number of carbonyl (C=O) groups excluding carboxylic acids is 2. The highest BCUT2D eigenvalue weighted by atomic mass is 16.6. The van der Waals surface area contributed by atoms with E-state index in [9.17, 15) is 9.59 Å². The van der Waals surface area contributed by atoms with E-state index in [-0.39, 0.29) is 18.0 Å². The van der Waals surface area contributed by atoms with Crippen LogP contribution in [0.25, 0.3) is 0 Å². The Labute approximate surface area is 173 Å².